The predicted octanol–water partition coefficient (Wildman–Crippen LogP) is 1.79. The normalized spacial score (nSPS) is 11.8. The number of pyridine rings is 1. The van der Waals surface area contributed by atoms with E-state index < -0.39 is 0 Å². The molecule has 1 atom stereocenters. The fourth-order valence-corrected chi connectivity index (χ4v) is 1.09. The van der Waals surface area contributed by atoms with Crippen LogP contribution in [0.2, 0.25) is 0 Å². The van der Waals surface area contributed by atoms with Crippen molar-refractivity contribution >= 4 is 6.08 Å². The fraction of sp³-hybridized carbons (Fsp3) is 0.333. The molecule has 0 N–H and O–H groups in total. The summed E-state index contributed by atoms with van der Waals surface area (Å²) in [7, 11) is 0. The molecule has 0 saturated carbocycles. The van der Waals surface area contributed by atoms with Gasteiger partial charge in [-0.3, -0.25) is 4.98 Å². The molecule has 0 aliphatic rings. The Morgan fingerprint density at radius 1 is 1.67 bits per heavy atom. The maximum absolute atomic E-state index is 9.99. The lowest BCUT2D eigenvalue weighted by molar-refractivity contribution is 0.559. The van der Waals surface area contributed by atoms with Gasteiger partial charge in [0.15, 0.2) is 0 Å². The molecule has 0 bridgehead atoms. The molecule has 0 radical (unpaired) electrons. The average molecular weight is 162 g/mol. The van der Waals surface area contributed by atoms with Crippen LogP contribution in [-0.2, 0) is 4.79 Å². The van der Waals surface area contributed by atoms with Crippen LogP contribution >= 0.6 is 0 Å². The van der Waals surface area contributed by atoms with Gasteiger partial charge in [0, 0.05) is 11.9 Å². The number of isocyanates is 1. The SMILES string of the molecule is Cc1ncccc1C(C)N=C=O. The zero-order valence-corrected chi connectivity index (χ0v) is 7.11. The number of hydrogen-bond donors (Lipinski definition) is 0. The number of hydrogen-bond acceptors (Lipinski definition) is 3. The topological polar surface area (TPSA) is 42.3 Å². The largest absolute Gasteiger partial charge is 0.261 e. The van der Waals surface area contributed by atoms with Crippen LogP contribution in [0.5, 0.6) is 0 Å². The molecule has 1 heterocycles. The second-order valence-electron chi connectivity index (χ2n) is 2.57. The monoisotopic (exact) mass is 162 g/mol. The van der Waals surface area contributed by atoms with Crippen LogP contribution in [0.4, 0.5) is 0 Å². The third-order valence-electron chi connectivity index (χ3n) is 1.74. The highest BCUT2D eigenvalue weighted by Gasteiger charge is 2.05. The van der Waals surface area contributed by atoms with Gasteiger partial charge in [0.1, 0.15) is 0 Å². The Kier molecular flexibility index (Phi) is 2.72. The van der Waals surface area contributed by atoms with Crippen molar-refractivity contribution in [3.63, 3.8) is 0 Å². The van der Waals surface area contributed by atoms with Crippen LogP contribution in [0.25, 0.3) is 0 Å². The summed E-state index contributed by atoms with van der Waals surface area (Å²) in [6.45, 7) is 3.74. The number of aliphatic imine (C=N–C) groups is 1. The molecule has 3 heteroatoms. The molecule has 0 aliphatic carbocycles. The van der Waals surface area contributed by atoms with Gasteiger partial charge in [0.25, 0.3) is 0 Å². The lowest BCUT2D eigenvalue weighted by Crippen LogP contribution is -1.94. The quantitative estimate of drug-likeness (QED) is 0.491. The maximum Gasteiger partial charge on any atom is 0.235 e. The fourth-order valence-electron chi connectivity index (χ4n) is 1.09. The lowest BCUT2D eigenvalue weighted by atomic mass is 10.1. The number of nitrogens with zero attached hydrogens (tertiary/aromatic N) is 2. The number of rotatable bonds is 2. The van der Waals surface area contributed by atoms with E-state index in [1.54, 1.807) is 12.3 Å². The summed E-state index contributed by atoms with van der Waals surface area (Å²) in [6, 6.07) is 3.60. The van der Waals surface area contributed by atoms with Gasteiger partial charge < -0.3 is 0 Å². The highest BCUT2D eigenvalue weighted by atomic mass is 16.1. The van der Waals surface area contributed by atoms with E-state index in [4.69, 9.17) is 0 Å². The molecule has 0 amide bonds. The van der Waals surface area contributed by atoms with E-state index in [0.29, 0.717) is 0 Å². The van der Waals surface area contributed by atoms with Crippen molar-refractivity contribution in [2.24, 2.45) is 4.99 Å². The summed E-state index contributed by atoms with van der Waals surface area (Å²) in [5.74, 6) is 0. The van der Waals surface area contributed by atoms with Crippen LogP contribution in [0, 0.1) is 6.92 Å². The molecular formula is C9H10N2O. The molecule has 1 aromatic rings. The van der Waals surface area contributed by atoms with Crippen molar-refractivity contribution < 1.29 is 4.79 Å². The molecule has 1 aromatic heterocycles. The number of aryl methyl sites for hydroxylation is 1. The van der Waals surface area contributed by atoms with Crippen LogP contribution in [0.3, 0.4) is 0 Å². The number of aromatic nitrogens is 1. The molecule has 0 aromatic carbocycles. The van der Waals surface area contributed by atoms with Crippen molar-refractivity contribution in [3.8, 4) is 0 Å². The van der Waals surface area contributed by atoms with Crippen molar-refractivity contribution in [1.29, 1.82) is 0 Å². The molecule has 62 valence electrons. The Bertz CT molecular complexity index is 316. The van der Waals surface area contributed by atoms with E-state index in [1.807, 2.05) is 26.0 Å². The first-order valence-corrected chi connectivity index (χ1v) is 3.74. The van der Waals surface area contributed by atoms with Crippen molar-refractivity contribution in [2.45, 2.75) is 19.9 Å². The Labute approximate surface area is 71.2 Å². The van der Waals surface area contributed by atoms with Crippen molar-refractivity contribution in [2.75, 3.05) is 0 Å². The third-order valence-corrected chi connectivity index (χ3v) is 1.74. The first-order valence-electron chi connectivity index (χ1n) is 3.74. The highest BCUT2D eigenvalue weighted by Crippen LogP contribution is 2.17. The minimum Gasteiger partial charge on any atom is -0.261 e. The van der Waals surface area contributed by atoms with Gasteiger partial charge in [-0.15, -0.1) is 0 Å². The second kappa shape index (κ2) is 3.79. The van der Waals surface area contributed by atoms with E-state index in [2.05, 4.69) is 9.98 Å². The molecule has 1 rings (SSSR count). The molecule has 0 spiro atoms. The molecule has 0 fully saturated rings. The lowest BCUT2D eigenvalue weighted by Gasteiger charge is -2.05. The summed E-state index contributed by atoms with van der Waals surface area (Å²) in [4.78, 5) is 17.7. The highest BCUT2D eigenvalue weighted by molar-refractivity contribution is 5.35. The summed E-state index contributed by atoms with van der Waals surface area (Å²) in [5.41, 5.74) is 1.88. The smallest absolute Gasteiger partial charge is 0.235 e. The van der Waals surface area contributed by atoms with E-state index in [9.17, 15) is 4.79 Å². The first-order chi connectivity index (χ1) is 5.75. The van der Waals surface area contributed by atoms with Crippen LogP contribution in [-0.4, -0.2) is 11.1 Å². The van der Waals surface area contributed by atoms with E-state index >= 15 is 0 Å². The Morgan fingerprint density at radius 2 is 2.42 bits per heavy atom. The Hall–Kier alpha value is -1.47. The van der Waals surface area contributed by atoms with E-state index in [1.165, 1.54) is 0 Å². The van der Waals surface area contributed by atoms with Gasteiger partial charge in [0.05, 0.1) is 6.04 Å². The predicted molar refractivity (Wildman–Crippen MR) is 45.5 cm³/mol. The van der Waals surface area contributed by atoms with E-state index in [0.717, 1.165) is 11.3 Å². The molecule has 1 unspecified atom stereocenters. The second-order valence-corrected chi connectivity index (χ2v) is 2.57. The van der Waals surface area contributed by atoms with Gasteiger partial charge >= 0.3 is 0 Å². The molecule has 12 heavy (non-hydrogen) atoms. The van der Waals surface area contributed by atoms with Crippen molar-refractivity contribution in [3.05, 3.63) is 29.6 Å². The molecule has 0 aliphatic heterocycles. The van der Waals surface area contributed by atoms with Crippen LogP contribution in [0.1, 0.15) is 24.2 Å². The van der Waals surface area contributed by atoms with Crippen molar-refractivity contribution in [1.82, 2.24) is 4.98 Å². The van der Waals surface area contributed by atoms with Gasteiger partial charge in [-0.25, -0.2) is 4.79 Å². The molecule has 0 saturated heterocycles. The Balaban J connectivity index is 3.02. The van der Waals surface area contributed by atoms with Crippen LogP contribution in [0.15, 0.2) is 23.3 Å². The summed E-state index contributed by atoms with van der Waals surface area (Å²) < 4.78 is 0. The Morgan fingerprint density at radius 3 is 3.00 bits per heavy atom. The minimum absolute atomic E-state index is 0.142. The third kappa shape index (κ3) is 1.77. The zero-order chi connectivity index (χ0) is 8.97. The summed E-state index contributed by atoms with van der Waals surface area (Å²) in [5, 5.41) is 0. The minimum atomic E-state index is -0.142. The maximum atomic E-state index is 9.99. The summed E-state index contributed by atoms with van der Waals surface area (Å²) in [6.07, 6.45) is 3.26. The van der Waals surface area contributed by atoms with Gasteiger partial charge in [-0.1, -0.05) is 6.07 Å². The summed E-state index contributed by atoms with van der Waals surface area (Å²) >= 11 is 0. The number of carbonyl (C=O) groups excluding carboxylic acids is 1. The standard InChI is InChI=1S/C9H10N2O/c1-7-9(4-3-5-10-7)8(2)11-6-12/h3-5,8H,1-2H3. The zero-order valence-electron chi connectivity index (χ0n) is 7.11. The first kappa shape index (κ1) is 8.62. The van der Waals surface area contributed by atoms with Crippen LogP contribution < -0.4 is 0 Å². The molecule has 3 nitrogen and oxygen atoms in total. The van der Waals surface area contributed by atoms with Gasteiger partial charge in [-0.05, 0) is 25.5 Å². The van der Waals surface area contributed by atoms with Gasteiger partial charge in [0.2, 0.25) is 6.08 Å². The van der Waals surface area contributed by atoms with Gasteiger partial charge in [-0.2, -0.15) is 4.99 Å². The molecular weight excluding hydrogens is 152 g/mol. The van der Waals surface area contributed by atoms with E-state index in [-0.39, 0.29) is 6.04 Å². The average Bonchev–Trinajstić information content (AvgIpc) is 2.05.